The molecule has 0 aliphatic heterocycles. The second-order valence-electron chi connectivity index (χ2n) is 3.58. The number of carbonyl (C=O) groups excluding carboxylic acids is 1. The fourth-order valence-electron chi connectivity index (χ4n) is 1.40. The van der Waals surface area contributed by atoms with E-state index in [9.17, 15) is 4.79 Å². The van der Waals surface area contributed by atoms with Crippen molar-refractivity contribution < 1.29 is 9.53 Å². The summed E-state index contributed by atoms with van der Waals surface area (Å²) in [6, 6.07) is 0. The lowest BCUT2D eigenvalue weighted by molar-refractivity contribution is -0.154. The maximum absolute atomic E-state index is 10.9. The van der Waals surface area contributed by atoms with Crippen molar-refractivity contribution in [2.24, 2.45) is 0 Å². The third kappa shape index (κ3) is 2.83. The van der Waals surface area contributed by atoms with Crippen LogP contribution in [0.1, 0.15) is 26.3 Å². The Kier molecular flexibility index (Phi) is 3.58. The Bertz CT molecular complexity index is 371. The van der Waals surface area contributed by atoms with Crippen LogP contribution < -0.4 is 0 Å². The van der Waals surface area contributed by atoms with Crippen molar-refractivity contribution in [2.75, 3.05) is 0 Å². The van der Waals surface area contributed by atoms with Crippen LogP contribution in [0.5, 0.6) is 0 Å². The average Bonchev–Trinajstić information content (AvgIpc) is 1.99. The van der Waals surface area contributed by atoms with Crippen LogP contribution in [-0.2, 0) is 15.1 Å². The van der Waals surface area contributed by atoms with Gasteiger partial charge in [-0.2, -0.15) is 0 Å². The van der Waals surface area contributed by atoms with Crippen LogP contribution in [0, 0.1) is 0 Å². The molecule has 82 valence electrons. The van der Waals surface area contributed by atoms with Crippen molar-refractivity contribution in [3.05, 3.63) is 28.0 Å². The Balaban J connectivity index is 3.19. The number of halogens is 2. The van der Waals surface area contributed by atoms with Crippen molar-refractivity contribution >= 4 is 29.2 Å². The minimum Gasteiger partial charge on any atom is -0.455 e. The van der Waals surface area contributed by atoms with Crippen LogP contribution in [0.25, 0.3) is 0 Å². The summed E-state index contributed by atoms with van der Waals surface area (Å²) < 4.78 is 5.15. The van der Waals surface area contributed by atoms with E-state index >= 15 is 0 Å². The average molecular weight is 248 g/mol. The highest BCUT2D eigenvalue weighted by atomic mass is 35.5. The van der Waals surface area contributed by atoms with Gasteiger partial charge in [-0.1, -0.05) is 23.2 Å². The number of aromatic nitrogens is 1. The fraction of sp³-hybridized carbons (Fsp3) is 0.400. The summed E-state index contributed by atoms with van der Waals surface area (Å²) >= 11 is 11.9. The Morgan fingerprint density at radius 1 is 1.33 bits per heavy atom. The lowest BCUT2D eigenvalue weighted by Gasteiger charge is -2.26. The zero-order valence-electron chi connectivity index (χ0n) is 8.67. The molecule has 0 fully saturated rings. The van der Waals surface area contributed by atoms with E-state index in [1.54, 1.807) is 13.8 Å². The SMILES string of the molecule is CC(=O)OC(C)(C)c1c(Cl)cncc1Cl. The van der Waals surface area contributed by atoms with Gasteiger partial charge in [-0.15, -0.1) is 0 Å². The van der Waals surface area contributed by atoms with Gasteiger partial charge >= 0.3 is 5.97 Å². The third-order valence-electron chi connectivity index (χ3n) is 1.85. The van der Waals surface area contributed by atoms with E-state index in [1.165, 1.54) is 19.3 Å². The minimum absolute atomic E-state index is 0.383. The van der Waals surface area contributed by atoms with Crippen LogP contribution in [0.15, 0.2) is 12.4 Å². The van der Waals surface area contributed by atoms with Gasteiger partial charge in [0.05, 0.1) is 10.0 Å². The Labute approximate surface area is 98.4 Å². The third-order valence-corrected chi connectivity index (χ3v) is 2.43. The van der Waals surface area contributed by atoms with Crippen molar-refractivity contribution in [1.82, 2.24) is 4.98 Å². The van der Waals surface area contributed by atoms with E-state index < -0.39 is 5.60 Å². The van der Waals surface area contributed by atoms with Gasteiger partial charge in [0, 0.05) is 24.9 Å². The van der Waals surface area contributed by atoms with Crippen LogP contribution in [-0.4, -0.2) is 11.0 Å². The molecule has 3 nitrogen and oxygen atoms in total. The van der Waals surface area contributed by atoms with Crippen molar-refractivity contribution in [3.63, 3.8) is 0 Å². The molecule has 0 spiro atoms. The van der Waals surface area contributed by atoms with Crippen LogP contribution in [0.3, 0.4) is 0 Å². The van der Waals surface area contributed by atoms with E-state index in [4.69, 9.17) is 27.9 Å². The van der Waals surface area contributed by atoms with Gasteiger partial charge in [0.25, 0.3) is 0 Å². The van der Waals surface area contributed by atoms with Gasteiger partial charge in [0.15, 0.2) is 0 Å². The molecule has 1 aromatic heterocycles. The fourth-order valence-corrected chi connectivity index (χ4v) is 2.22. The lowest BCUT2D eigenvalue weighted by Crippen LogP contribution is -2.25. The first-order chi connectivity index (χ1) is 6.84. The van der Waals surface area contributed by atoms with Crippen molar-refractivity contribution in [2.45, 2.75) is 26.4 Å². The monoisotopic (exact) mass is 247 g/mol. The summed E-state index contributed by atoms with van der Waals surface area (Å²) in [5.74, 6) is -0.385. The van der Waals surface area contributed by atoms with Gasteiger partial charge in [-0.05, 0) is 13.8 Å². The van der Waals surface area contributed by atoms with Gasteiger partial charge in [0.1, 0.15) is 5.60 Å². The van der Waals surface area contributed by atoms with Gasteiger partial charge < -0.3 is 4.74 Å². The number of ether oxygens (including phenoxy) is 1. The summed E-state index contributed by atoms with van der Waals surface area (Å²) in [5.41, 5.74) is -0.292. The van der Waals surface area contributed by atoms with Crippen LogP contribution in [0.2, 0.25) is 10.0 Å². The quantitative estimate of drug-likeness (QED) is 0.754. The highest BCUT2D eigenvalue weighted by molar-refractivity contribution is 6.35. The number of esters is 1. The Morgan fingerprint density at radius 3 is 2.20 bits per heavy atom. The normalized spacial score (nSPS) is 11.3. The second-order valence-corrected chi connectivity index (χ2v) is 4.40. The van der Waals surface area contributed by atoms with Crippen molar-refractivity contribution in [3.8, 4) is 0 Å². The molecule has 0 aliphatic rings. The Morgan fingerprint density at radius 2 is 1.80 bits per heavy atom. The maximum Gasteiger partial charge on any atom is 0.303 e. The molecule has 0 radical (unpaired) electrons. The van der Waals surface area contributed by atoms with Gasteiger partial charge in [0.2, 0.25) is 0 Å². The van der Waals surface area contributed by atoms with E-state index in [1.807, 2.05) is 0 Å². The smallest absolute Gasteiger partial charge is 0.303 e. The molecule has 0 saturated carbocycles. The summed E-state index contributed by atoms with van der Waals surface area (Å²) in [6.45, 7) is 4.79. The summed E-state index contributed by atoms with van der Waals surface area (Å²) in [4.78, 5) is 14.8. The minimum atomic E-state index is -0.858. The summed E-state index contributed by atoms with van der Waals surface area (Å²) in [5, 5.41) is 0.766. The second kappa shape index (κ2) is 4.37. The predicted molar refractivity (Wildman–Crippen MR) is 59.0 cm³/mol. The first-order valence-corrected chi connectivity index (χ1v) is 5.09. The molecular formula is C10H11Cl2NO2. The number of nitrogens with zero attached hydrogens (tertiary/aromatic N) is 1. The van der Waals surface area contributed by atoms with Crippen LogP contribution in [0.4, 0.5) is 0 Å². The van der Waals surface area contributed by atoms with E-state index in [-0.39, 0.29) is 5.97 Å². The molecule has 1 heterocycles. The van der Waals surface area contributed by atoms with Crippen LogP contribution >= 0.6 is 23.2 Å². The van der Waals surface area contributed by atoms with E-state index in [2.05, 4.69) is 4.98 Å². The topological polar surface area (TPSA) is 39.2 Å². The molecule has 0 atom stereocenters. The summed E-state index contributed by atoms with van der Waals surface area (Å²) in [7, 11) is 0. The molecule has 0 unspecified atom stereocenters. The molecule has 5 heteroatoms. The predicted octanol–water partition coefficient (Wildman–Crippen LogP) is 3.19. The number of hydrogen-bond donors (Lipinski definition) is 0. The zero-order chi connectivity index (χ0) is 11.6. The molecule has 0 aromatic carbocycles. The van der Waals surface area contributed by atoms with E-state index in [0.717, 1.165) is 0 Å². The molecule has 0 saturated heterocycles. The van der Waals surface area contributed by atoms with Gasteiger partial charge in [-0.3, -0.25) is 9.78 Å². The molecule has 0 N–H and O–H groups in total. The molecular weight excluding hydrogens is 237 g/mol. The molecule has 0 bridgehead atoms. The lowest BCUT2D eigenvalue weighted by atomic mass is 9.99. The standard InChI is InChI=1S/C10H11Cl2NO2/c1-6(14)15-10(2,3)9-7(11)4-13-5-8(9)12/h4-5H,1-3H3. The highest BCUT2D eigenvalue weighted by Gasteiger charge is 2.29. The largest absolute Gasteiger partial charge is 0.455 e. The molecule has 1 rings (SSSR count). The first-order valence-electron chi connectivity index (χ1n) is 4.33. The number of carbonyl (C=O) groups is 1. The summed E-state index contributed by atoms with van der Waals surface area (Å²) in [6.07, 6.45) is 2.93. The van der Waals surface area contributed by atoms with E-state index in [0.29, 0.717) is 15.6 Å². The van der Waals surface area contributed by atoms with Gasteiger partial charge in [-0.25, -0.2) is 0 Å². The maximum atomic E-state index is 10.9. The number of rotatable bonds is 2. The number of pyridine rings is 1. The molecule has 0 aliphatic carbocycles. The zero-order valence-corrected chi connectivity index (χ0v) is 10.2. The Hall–Kier alpha value is -0.800. The molecule has 1 aromatic rings. The first kappa shape index (κ1) is 12.3. The molecule has 15 heavy (non-hydrogen) atoms. The highest BCUT2D eigenvalue weighted by Crippen LogP contribution is 2.35. The van der Waals surface area contributed by atoms with Crippen molar-refractivity contribution in [1.29, 1.82) is 0 Å². The molecule has 0 amide bonds. The number of hydrogen-bond acceptors (Lipinski definition) is 3.